The highest BCUT2D eigenvalue weighted by atomic mass is 16.4. The highest BCUT2D eigenvalue weighted by molar-refractivity contribution is 6.01. The molecule has 30 heavy (non-hydrogen) atoms. The van der Waals surface area contributed by atoms with Crippen LogP contribution in [0.25, 0.3) is 0 Å². The van der Waals surface area contributed by atoms with E-state index in [1.165, 1.54) is 6.07 Å². The molecular formula is C15H16N8O7. The third-order valence-electron chi connectivity index (χ3n) is 3.44. The van der Waals surface area contributed by atoms with Crippen molar-refractivity contribution in [2.24, 2.45) is 0 Å². The molecular weight excluding hydrogens is 404 g/mol. The number of H-pyrrole nitrogens is 1. The molecule has 2 aromatic heterocycles. The number of hydrogen-bond donors (Lipinski definition) is 8. The maximum absolute atomic E-state index is 12.0. The number of nitrogens with one attached hydrogen (secondary N) is 4. The topological polar surface area (TPSA) is 256 Å². The molecule has 0 saturated heterocycles. The minimum Gasteiger partial charge on any atom is -0.481 e. The molecule has 15 heteroatoms. The van der Waals surface area contributed by atoms with Crippen molar-refractivity contribution in [2.45, 2.75) is 12.5 Å². The van der Waals surface area contributed by atoms with Crippen LogP contribution in [0.5, 0.6) is 0 Å². The first-order chi connectivity index (χ1) is 14.1. The molecule has 0 fully saturated rings. The number of amides is 3. The molecule has 0 aromatic carbocycles. The van der Waals surface area contributed by atoms with Gasteiger partial charge in [0.05, 0.1) is 18.3 Å². The van der Waals surface area contributed by atoms with Crippen LogP contribution in [0.15, 0.2) is 23.1 Å². The van der Waals surface area contributed by atoms with E-state index in [2.05, 4.69) is 25.6 Å². The van der Waals surface area contributed by atoms with Crippen LogP contribution >= 0.6 is 0 Å². The zero-order valence-electron chi connectivity index (χ0n) is 15.0. The van der Waals surface area contributed by atoms with Crippen LogP contribution in [-0.2, 0) is 9.59 Å². The van der Waals surface area contributed by atoms with E-state index in [9.17, 15) is 24.0 Å². The summed E-state index contributed by atoms with van der Waals surface area (Å²) in [7, 11) is 0. The molecule has 2 rings (SSSR count). The van der Waals surface area contributed by atoms with E-state index >= 15 is 0 Å². The number of nitrogens with zero attached hydrogens (tertiary/aromatic N) is 2. The number of hydrogen-bond acceptors (Lipinski definition) is 9. The van der Waals surface area contributed by atoms with Gasteiger partial charge in [-0.1, -0.05) is 0 Å². The predicted octanol–water partition coefficient (Wildman–Crippen LogP) is -1.37. The van der Waals surface area contributed by atoms with Gasteiger partial charge >= 0.3 is 18.0 Å². The Balaban J connectivity index is 2.02. The summed E-state index contributed by atoms with van der Waals surface area (Å²) < 4.78 is 0. The quantitative estimate of drug-likeness (QED) is 0.259. The van der Waals surface area contributed by atoms with E-state index < -0.39 is 41.9 Å². The molecule has 0 bridgehead atoms. The van der Waals surface area contributed by atoms with E-state index in [-0.39, 0.29) is 28.8 Å². The lowest BCUT2D eigenvalue weighted by Gasteiger charge is -2.12. The first-order valence-electron chi connectivity index (χ1n) is 8.01. The summed E-state index contributed by atoms with van der Waals surface area (Å²) in [6.45, 7) is 0. The van der Waals surface area contributed by atoms with Crippen molar-refractivity contribution < 1.29 is 29.4 Å². The number of anilines is 4. The third-order valence-corrected chi connectivity index (χ3v) is 3.44. The van der Waals surface area contributed by atoms with Crippen molar-refractivity contribution in [1.29, 1.82) is 0 Å². The Morgan fingerprint density at radius 3 is 2.37 bits per heavy atom. The van der Waals surface area contributed by atoms with Gasteiger partial charge in [-0.2, -0.15) is 4.98 Å². The first kappa shape index (κ1) is 21.6. The maximum atomic E-state index is 12.0. The molecule has 0 aliphatic carbocycles. The van der Waals surface area contributed by atoms with Gasteiger partial charge in [0, 0.05) is 0 Å². The van der Waals surface area contributed by atoms with Crippen LogP contribution in [0, 0.1) is 0 Å². The molecule has 3 amide bonds. The Morgan fingerprint density at radius 1 is 1.13 bits per heavy atom. The number of aromatic amines is 1. The normalized spacial score (nSPS) is 11.2. The summed E-state index contributed by atoms with van der Waals surface area (Å²) in [6, 6.07) is -0.0811. The van der Waals surface area contributed by atoms with Gasteiger partial charge in [0.2, 0.25) is 5.95 Å². The minimum absolute atomic E-state index is 0.114. The monoisotopic (exact) mass is 420 g/mol. The standard InChI is InChI=1S/C15H16N8O7/c16-10-9(12(27)23-14(17)22-10)21-15(30)19-5-1-2-6(18-4-5)11(26)20-7(13(28)29)3-8(24)25/h1-2,4,7H,3H2,(H,20,26)(H,24,25)(H,28,29)(H2,19,21,30)(H5,16,17,22,23,27)/t7-/m0/s1. The summed E-state index contributed by atoms with van der Waals surface area (Å²) in [6.07, 6.45) is 0.263. The Labute approximate surface area is 166 Å². The number of aromatic nitrogens is 3. The second-order valence-electron chi connectivity index (χ2n) is 5.68. The molecule has 158 valence electrons. The van der Waals surface area contributed by atoms with Gasteiger partial charge in [0.25, 0.3) is 11.5 Å². The molecule has 2 heterocycles. The van der Waals surface area contributed by atoms with Gasteiger partial charge in [0.1, 0.15) is 11.7 Å². The summed E-state index contributed by atoms with van der Waals surface area (Å²) in [5.41, 5.74) is 9.63. The van der Waals surface area contributed by atoms with Crippen molar-refractivity contribution >= 4 is 47.0 Å². The zero-order valence-corrected chi connectivity index (χ0v) is 15.0. The Kier molecular flexibility index (Phi) is 6.48. The number of nitrogens with two attached hydrogens (primary N) is 2. The van der Waals surface area contributed by atoms with Crippen LogP contribution in [0.3, 0.4) is 0 Å². The van der Waals surface area contributed by atoms with Crippen molar-refractivity contribution in [3.8, 4) is 0 Å². The summed E-state index contributed by atoms with van der Waals surface area (Å²) in [5, 5.41) is 24.1. The van der Waals surface area contributed by atoms with E-state index in [1.807, 2.05) is 5.32 Å². The Morgan fingerprint density at radius 2 is 1.83 bits per heavy atom. The van der Waals surface area contributed by atoms with Gasteiger partial charge in [0.15, 0.2) is 11.5 Å². The lowest BCUT2D eigenvalue weighted by Crippen LogP contribution is -2.42. The number of carboxylic acid groups (broad SMARTS) is 2. The number of rotatable bonds is 7. The average molecular weight is 420 g/mol. The Bertz CT molecular complexity index is 1050. The number of urea groups is 1. The summed E-state index contributed by atoms with van der Waals surface area (Å²) in [4.78, 5) is 66.9. The number of aliphatic carboxylic acids is 2. The SMILES string of the molecule is Nc1nc(N)c(NC(=O)Nc2ccc(C(=O)N[C@@H](CC(=O)O)C(=O)O)nc2)c(=O)[nH]1. The van der Waals surface area contributed by atoms with E-state index in [0.29, 0.717) is 0 Å². The molecule has 0 aliphatic heterocycles. The lowest BCUT2D eigenvalue weighted by molar-refractivity contribution is -0.145. The van der Waals surface area contributed by atoms with Crippen molar-refractivity contribution in [2.75, 3.05) is 22.1 Å². The number of carboxylic acids is 2. The largest absolute Gasteiger partial charge is 0.481 e. The second-order valence-corrected chi connectivity index (χ2v) is 5.68. The molecule has 15 nitrogen and oxygen atoms in total. The molecule has 0 spiro atoms. The van der Waals surface area contributed by atoms with E-state index in [4.69, 9.17) is 21.7 Å². The van der Waals surface area contributed by atoms with E-state index in [0.717, 1.165) is 12.3 Å². The number of carbonyl (C=O) groups is 4. The highest BCUT2D eigenvalue weighted by Crippen LogP contribution is 2.11. The van der Waals surface area contributed by atoms with Crippen LogP contribution in [0.2, 0.25) is 0 Å². The summed E-state index contributed by atoms with van der Waals surface area (Å²) >= 11 is 0. The number of nitrogen functional groups attached to an aromatic ring is 2. The first-order valence-corrected chi connectivity index (χ1v) is 8.01. The van der Waals surface area contributed by atoms with Gasteiger partial charge < -0.3 is 32.3 Å². The van der Waals surface area contributed by atoms with Gasteiger partial charge in [-0.3, -0.25) is 24.7 Å². The molecule has 0 saturated carbocycles. The number of carbonyl (C=O) groups excluding carboxylic acids is 2. The third kappa shape index (κ3) is 5.65. The zero-order chi connectivity index (χ0) is 22.4. The lowest BCUT2D eigenvalue weighted by atomic mass is 10.2. The maximum Gasteiger partial charge on any atom is 0.326 e. The van der Waals surface area contributed by atoms with Crippen molar-refractivity contribution in [3.05, 3.63) is 34.4 Å². The molecule has 0 radical (unpaired) electrons. The van der Waals surface area contributed by atoms with E-state index in [1.54, 1.807) is 0 Å². The molecule has 0 aliphatic rings. The average Bonchev–Trinajstić information content (AvgIpc) is 2.64. The van der Waals surface area contributed by atoms with Crippen LogP contribution in [0.1, 0.15) is 16.9 Å². The highest BCUT2D eigenvalue weighted by Gasteiger charge is 2.24. The van der Waals surface area contributed by atoms with Crippen molar-refractivity contribution in [1.82, 2.24) is 20.3 Å². The van der Waals surface area contributed by atoms with Gasteiger partial charge in [-0.05, 0) is 12.1 Å². The summed E-state index contributed by atoms with van der Waals surface area (Å²) in [5.74, 6) is -4.38. The van der Waals surface area contributed by atoms with Crippen molar-refractivity contribution in [3.63, 3.8) is 0 Å². The molecule has 0 unspecified atom stereocenters. The Hall–Kier alpha value is -4.69. The fraction of sp³-hybridized carbons (Fsp3) is 0.133. The fourth-order valence-electron chi connectivity index (χ4n) is 2.11. The minimum atomic E-state index is -1.64. The van der Waals surface area contributed by atoms with Gasteiger partial charge in [-0.25, -0.2) is 14.6 Å². The van der Waals surface area contributed by atoms with Crippen LogP contribution in [0.4, 0.5) is 27.9 Å². The predicted molar refractivity (Wildman–Crippen MR) is 102 cm³/mol. The molecule has 10 N–H and O–H groups in total. The smallest absolute Gasteiger partial charge is 0.326 e. The fourth-order valence-corrected chi connectivity index (χ4v) is 2.11. The van der Waals surface area contributed by atoms with Crippen LogP contribution in [-0.4, -0.2) is 55.1 Å². The van der Waals surface area contributed by atoms with Crippen LogP contribution < -0.4 is 33.0 Å². The molecule has 2 aromatic rings. The number of pyridine rings is 1. The second kappa shape index (κ2) is 9.00. The van der Waals surface area contributed by atoms with Gasteiger partial charge in [-0.15, -0.1) is 0 Å². The molecule has 1 atom stereocenters.